The number of carbonyl (C=O) groups excluding carboxylic acids is 2. The largest absolute Gasteiger partial charge is 0.494 e. The van der Waals surface area contributed by atoms with Crippen molar-refractivity contribution in [3.05, 3.63) is 65.6 Å². The van der Waals surface area contributed by atoms with Gasteiger partial charge in [-0.05, 0) is 48.7 Å². The van der Waals surface area contributed by atoms with Crippen LogP contribution in [-0.2, 0) is 9.59 Å². The third kappa shape index (κ3) is 4.06. The molecule has 0 saturated heterocycles. The fourth-order valence-corrected chi connectivity index (χ4v) is 3.03. The molecular weight excluding hydrogens is 359 g/mol. The van der Waals surface area contributed by atoms with E-state index in [2.05, 4.69) is 5.32 Å². The topological polar surface area (TPSA) is 58.6 Å². The van der Waals surface area contributed by atoms with Gasteiger partial charge in [0, 0.05) is 12.2 Å². The number of imide groups is 1. The van der Waals surface area contributed by atoms with E-state index in [9.17, 15) is 14.0 Å². The summed E-state index contributed by atoms with van der Waals surface area (Å²) in [5.74, 6) is -0.481. The van der Waals surface area contributed by atoms with Crippen LogP contribution in [0.4, 0.5) is 10.1 Å². The molecule has 1 N–H and O–H groups in total. The van der Waals surface area contributed by atoms with Crippen molar-refractivity contribution in [2.24, 2.45) is 0 Å². The molecule has 0 aliphatic carbocycles. The number of benzene rings is 2. The van der Waals surface area contributed by atoms with E-state index in [0.29, 0.717) is 36.6 Å². The van der Waals surface area contributed by atoms with Gasteiger partial charge in [-0.25, -0.2) is 4.39 Å². The summed E-state index contributed by atoms with van der Waals surface area (Å²) in [7, 11) is 0. The number of ether oxygens (including phenoxy) is 1. The highest BCUT2D eigenvalue weighted by atomic mass is 19.1. The normalized spacial score (nSPS) is 14.0. The third-order valence-corrected chi connectivity index (χ3v) is 4.33. The second-order valence-corrected chi connectivity index (χ2v) is 6.52. The van der Waals surface area contributed by atoms with Crippen molar-refractivity contribution in [1.29, 1.82) is 0 Å². The Bertz CT molecular complexity index is 906. The molecule has 0 saturated carbocycles. The van der Waals surface area contributed by atoms with Crippen LogP contribution < -0.4 is 10.1 Å². The Kier molecular flexibility index (Phi) is 6.09. The Morgan fingerprint density at radius 3 is 2.39 bits per heavy atom. The first kappa shape index (κ1) is 19.6. The van der Waals surface area contributed by atoms with E-state index < -0.39 is 11.7 Å². The molecule has 0 fully saturated rings. The number of carbonyl (C=O) groups is 2. The zero-order valence-corrected chi connectivity index (χ0v) is 16.0. The standard InChI is InChI=1S/C22H23FN2O3/c1-3-12-25-21(26)19(15-8-10-18(11-9-15)28-13-4-2)20(22(25)27)24-17-7-5-6-16(23)14-17/h5-11,14,24H,3-4,12-13H2,1-2H3. The molecule has 0 bridgehead atoms. The van der Waals surface area contributed by atoms with Crippen LogP contribution in [0.5, 0.6) is 5.75 Å². The summed E-state index contributed by atoms with van der Waals surface area (Å²) >= 11 is 0. The van der Waals surface area contributed by atoms with Crippen LogP contribution in [0.15, 0.2) is 54.2 Å². The molecule has 0 radical (unpaired) electrons. The Morgan fingerprint density at radius 1 is 1.00 bits per heavy atom. The molecule has 6 heteroatoms. The van der Waals surface area contributed by atoms with Crippen LogP contribution >= 0.6 is 0 Å². The number of rotatable bonds is 8. The zero-order chi connectivity index (χ0) is 20.1. The minimum Gasteiger partial charge on any atom is -0.494 e. The quantitative estimate of drug-likeness (QED) is 0.695. The Morgan fingerprint density at radius 2 is 1.75 bits per heavy atom. The minimum atomic E-state index is -0.424. The lowest BCUT2D eigenvalue weighted by Gasteiger charge is -2.13. The molecule has 0 spiro atoms. The number of amides is 2. The van der Waals surface area contributed by atoms with Gasteiger partial charge in [-0.1, -0.05) is 32.0 Å². The van der Waals surface area contributed by atoms with Gasteiger partial charge in [0.05, 0.1) is 12.2 Å². The van der Waals surface area contributed by atoms with Crippen LogP contribution in [0.1, 0.15) is 32.3 Å². The second-order valence-electron chi connectivity index (χ2n) is 6.52. The number of anilines is 1. The minimum absolute atomic E-state index is 0.159. The summed E-state index contributed by atoms with van der Waals surface area (Å²) in [6.07, 6.45) is 1.55. The lowest BCUT2D eigenvalue weighted by atomic mass is 10.0. The average Bonchev–Trinajstić information content (AvgIpc) is 2.91. The summed E-state index contributed by atoms with van der Waals surface area (Å²) in [5.41, 5.74) is 1.46. The van der Waals surface area contributed by atoms with Crippen LogP contribution in [0.25, 0.3) is 5.57 Å². The van der Waals surface area contributed by atoms with Gasteiger partial charge in [0.2, 0.25) is 0 Å². The van der Waals surface area contributed by atoms with E-state index in [1.54, 1.807) is 36.4 Å². The predicted octanol–water partition coefficient (Wildman–Crippen LogP) is 4.22. The maximum atomic E-state index is 13.5. The van der Waals surface area contributed by atoms with Gasteiger partial charge in [0.1, 0.15) is 17.3 Å². The van der Waals surface area contributed by atoms with Gasteiger partial charge >= 0.3 is 0 Å². The van der Waals surface area contributed by atoms with Crippen LogP contribution in [0.2, 0.25) is 0 Å². The second kappa shape index (κ2) is 8.69. The Hall–Kier alpha value is -3.15. The van der Waals surface area contributed by atoms with Crippen molar-refractivity contribution in [3.63, 3.8) is 0 Å². The number of hydrogen-bond donors (Lipinski definition) is 1. The molecule has 3 rings (SSSR count). The number of hydrogen-bond acceptors (Lipinski definition) is 4. The monoisotopic (exact) mass is 382 g/mol. The number of halogens is 1. The van der Waals surface area contributed by atoms with Gasteiger partial charge in [0.15, 0.2) is 0 Å². The zero-order valence-electron chi connectivity index (χ0n) is 16.0. The first-order valence-corrected chi connectivity index (χ1v) is 9.41. The molecule has 1 heterocycles. The summed E-state index contributed by atoms with van der Waals surface area (Å²) < 4.78 is 19.1. The molecule has 2 amide bonds. The Labute approximate surface area is 163 Å². The van der Waals surface area contributed by atoms with E-state index >= 15 is 0 Å². The van der Waals surface area contributed by atoms with Crippen LogP contribution in [0.3, 0.4) is 0 Å². The first-order valence-electron chi connectivity index (χ1n) is 9.41. The molecule has 0 atom stereocenters. The molecule has 146 valence electrons. The van der Waals surface area contributed by atoms with Crippen molar-refractivity contribution >= 4 is 23.1 Å². The van der Waals surface area contributed by atoms with E-state index in [4.69, 9.17) is 4.74 Å². The molecule has 5 nitrogen and oxygen atoms in total. The fourth-order valence-electron chi connectivity index (χ4n) is 3.03. The van der Waals surface area contributed by atoms with Crippen molar-refractivity contribution in [1.82, 2.24) is 4.90 Å². The summed E-state index contributed by atoms with van der Waals surface area (Å²) in [5, 5.41) is 2.94. The third-order valence-electron chi connectivity index (χ3n) is 4.33. The lowest BCUT2D eigenvalue weighted by molar-refractivity contribution is -0.136. The van der Waals surface area contributed by atoms with Crippen LogP contribution in [-0.4, -0.2) is 29.9 Å². The molecule has 2 aromatic carbocycles. The van der Waals surface area contributed by atoms with Gasteiger partial charge in [-0.3, -0.25) is 14.5 Å². The van der Waals surface area contributed by atoms with E-state index in [1.165, 1.54) is 17.0 Å². The Balaban J connectivity index is 1.99. The molecule has 1 aliphatic heterocycles. The predicted molar refractivity (Wildman–Crippen MR) is 106 cm³/mol. The fraction of sp³-hybridized carbons (Fsp3) is 0.273. The summed E-state index contributed by atoms with van der Waals surface area (Å²) in [6, 6.07) is 12.9. The van der Waals surface area contributed by atoms with Crippen molar-refractivity contribution in [2.75, 3.05) is 18.5 Å². The van der Waals surface area contributed by atoms with Crippen molar-refractivity contribution in [3.8, 4) is 5.75 Å². The van der Waals surface area contributed by atoms with Gasteiger partial charge < -0.3 is 10.1 Å². The number of nitrogens with zero attached hydrogens (tertiary/aromatic N) is 1. The molecule has 0 unspecified atom stereocenters. The lowest BCUT2D eigenvalue weighted by Crippen LogP contribution is -2.33. The molecule has 2 aromatic rings. The number of nitrogens with one attached hydrogen (secondary N) is 1. The average molecular weight is 382 g/mol. The summed E-state index contributed by atoms with van der Waals surface area (Å²) in [4.78, 5) is 27.0. The highest BCUT2D eigenvalue weighted by molar-refractivity contribution is 6.36. The van der Waals surface area contributed by atoms with E-state index in [-0.39, 0.29) is 17.2 Å². The maximum Gasteiger partial charge on any atom is 0.278 e. The smallest absolute Gasteiger partial charge is 0.278 e. The first-order chi connectivity index (χ1) is 13.5. The summed E-state index contributed by atoms with van der Waals surface area (Å²) in [6.45, 7) is 4.86. The molecule has 28 heavy (non-hydrogen) atoms. The highest BCUT2D eigenvalue weighted by Gasteiger charge is 2.38. The maximum absolute atomic E-state index is 13.5. The molecule has 1 aliphatic rings. The molecular formula is C22H23FN2O3. The van der Waals surface area contributed by atoms with Gasteiger partial charge in [-0.2, -0.15) is 0 Å². The van der Waals surface area contributed by atoms with Crippen molar-refractivity contribution < 1.29 is 18.7 Å². The van der Waals surface area contributed by atoms with Crippen molar-refractivity contribution in [2.45, 2.75) is 26.7 Å². The van der Waals surface area contributed by atoms with Gasteiger partial charge in [0.25, 0.3) is 11.8 Å². The molecule has 0 aromatic heterocycles. The SMILES string of the molecule is CCCOc1ccc(C2=C(Nc3cccc(F)c3)C(=O)N(CCC)C2=O)cc1. The van der Waals surface area contributed by atoms with E-state index in [0.717, 1.165) is 6.42 Å². The van der Waals surface area contributed by atoms with Crippen LogP contribution in [0, 0.1) is 5.82 Å². The van der Waals surface area contributed by atoms with Gasteiger partial charge in [-0.15, -0.1) is 0 Å². The highest BCUT2D eigenvalue weighted by Crippen LogP contribution is 2.31. The van der Waals surface area contributed by atoms with E-state index in [1.807, 2.05) is 13.8 Å².